The summed E-state index contributed by atoms with van der Waals surface area (Å²) < 4.78 is 76.6. The average molecular weight is 546 g/mol. The minimum atomic E-state index is -4.44. The van der Waals surface area contributed by atoms with Gasteiger partial charge in [-0.2, -0.15) is 17.5 Å². The Morgan fingerprint density at radius 1 is 0.974 bits per heavy atom. The van der Waals surface area contributed by atoms with Crippen LogP contribution in [-0.2, 0) is 22.8 Å². The predicted octanol–water partition coefficient (Wildman–Crippen LogP) is 5.97. The second-order valence-electron chi connectivity index (χ2n) is 8.73. The highest BCUT2D eigenvalue weighted by Crippen LogP contribution is 2.32. The van der Waals surface area contributed by atoms with E-state index < -0.39 is 21.8 Å². The number of carbonyl (C=O) groups is 1. The van der Waals surface area contributed by atoms with Crippen molar-refractivity contribution >= 4 is 21.9 Å². The molecule has 0 spiro atoms. The van der Waals surface area contributed by atoms with Gasteiger partial charge in [-0.3, -0.25) is 4.79 Å². The summed E-state index contributed by atoms with van der Waals surface area (Å²) in [6.45, 7) is 0.923. The Kier molecular flexibility index (Phi) is 8.23. The number of ether oxygens (including phenoxy) is 2. The number of allylic oxidation sites excluding steroid dienone is 1. The third-order valence-electron chi connectivity index (χ3n) is 6.11. The minimum Gasteiger partial charge on any atom is -0.493 e. The molecule has 38 heavy (non-hydrogen) atoms. The molecule has 0 unspecified atom stereocenters. The third kappa shape index (κ3) is 6.43. The molecule has 4 rings (SSSR count). The van der Waals surface area contributed by atoms with E-state index in [1.165, 1.54) is 47.8 Å². The van der Waals surface area contributed by atoms with Gasteiger partial charge in [0.25, 0.3) is 0 Å². The lowest BCUT2D eigenvalue weighted by atomic mass is 10.1. The van der Waals surface area contributed by atoms with E-state index in [1.807, 2.05) is 0 Å². The molecule has 0 aromatic heterocycles. The lowest BCUT2D eigenvalue weighted by molar-refractivity contribution is -0.137. The molecule has 0 radical (unpaired) electrons. The zero-order chi connectivity index (χ0) is 27.3. The van der Waals surface area contributed by atoms with Gasteiger partial charge in [-0.05, 0) is 78.6 Å². The first-order valence-corrected chi connectivity index (χ1v) is 13.3. The number of rotatable bonds is 9. The van der Waals surface area contributed by atoms with E-state index in [4.69, 9.17) is 9.47 Å². The molecule has 0 atom stereocenters. The van der Waals surface area contributed by atoms with Crippen molar-refractivity contribution in [2.75, 3.05) is 20.2 Å². The van der Waals surface area contributed by atoms with Crippen LogP contribution in [0.2, 0.25) is 0 Å². The molecule has 1 aliphatic heterocycles. The van der Waals surface area contributed by atoms with Crippen molar-refractivity contribution in [2.24, 2.45) is 0 Å². The van der Waals surface area contributed by atoms with E-state index in [9.17, 15) is 26.4 Å². The molecule has 0 amide bonds. The molecule has 1 aliphatic rings. The number of alkyl halides is 3. The van der Waals surface area contributed by atoms with Crippen LogP contribution in [0.5, 0.6) is 11.5 Å². The Labute approximate surface area is 219 Å². The highest BCUT2D eigenvalue weighted by atomic mass is 32.2. The first-order valence-electron chi connectivity index (χ1n) is 11.9. The number of benzene rings is 3. The van der Waals surface area contributed by atoms with Gasteiger partial charge in [0.15, 0.2) is 17.3 Å². The maximum absolute atomic E-state index is 12.9. The van der Waals surface area contributed by atoms with Gasteiger partial charge in [-0.1, -0.05) is 24.3 Å². The number of nitrogens with zero attached hydrogens (tertiary/aromatic N) is 1. The van der Waals surface area contributed by atoms with Gasteiger partial charge in [0, 0.05) is 18.7 Å². The number of hydrogen-bond donors (Lipinski definition) is 0. The first kappa shape index (κ1) is 27.4. The van der Waals surface area contributed by atoms with Crippen molar-refractivity contribution < 1.29 is 35.9 Å². The van der Waals surface area contributed by atoms with Crippen molar-refractivity contribution in [1.29, 1.82) is 0 Å². The maximum Gasteiger partial charge on any atom is 0.416 e. The smallest absolute Gasteiger partial charge is 0.416 e. The van der Waals surface area contributed by atoms with Crippen molar-refractivity contribution in [3.63, 3.8) is 0 Å². The Hall–Kier alpha value is -3.63. The standard InChI is InChI=1S/C28H26F3NO5S/c1-36-27-18-20(8-14-26(27)37-19-21-5-4-6-23(17-21)28(29,30)31)7-13-25(33)22-9-11-24(12-10-22)38(34,35)32-15-2-3-16-32/h4-14,17-18H,2-3,15-16,19H2,1H3. The van der Waals surface area contributed by atoms with Gasteiger partial charge >= 0.3 is 6.18 Å². The summed E-state index contributed by atoms with van der Waals surface area (Å²) in [4.78, 5) is 12.8. The largest absolute Gasteiger partial charge is 0.493 e. The molecule has 1 fully saturated rings. The van der Waals surface area contributed by atoms with E-state index in [2.05, 4.69) is 0 Å². The van der Waals surface area contributed by atoms with E-state index in [1.54, 1.807) is 30.3 Å². The zero-order valence-electron chi connectivity index (χ0n) is 20.6. The summed E-state index contributed by atoms with van der Waals surface area (Å²) in [7, 11) is -2.12. The van der Waals surface area contributed by atoms with Crippen LogP contribution in [0.15, 0.2) is 77.7 Å². The van der Waals surface area contributed by atoms with Gasteiger partial charge in [-0.25, -0.2) is 8.42 Å². The average Bonchev–Trinajstić information content (AvgIpc) is 3.47. The minimum absolute atomic E-state index is 0.0859. The fraction of sp³-hybridized carbons (Fsp3) is 0.250. The molecule has 1 heterocycles. The number of ketones is 1. The van der Waals surface area contributed by atoms with Crippen molar-refractivity contribution in [3.8, 4) is 11.5 Å². The van der Waals surface area contributed by atoms with Gasteiger partial charge in [0.2, 0.25) is 10.0 Å². The predicted molar refractivity (Wildman–Crippen MR) is 137 cm³/mol. The molecular formula is C28H26F3NO5S. The molecule has 0 aliphatic carbocycles. The molecule has 3 aromatic carbocycles. The number of halogens is 3. The van der Waals surface area contributed by atoms with Gasteiger partial charge in [-0.15, -0.1) is 0 Å². The van der Waals surface area contributed by atoms with Crippen LogP contribution >= 0.6 is 0 Å². The van der Waals surface area contributed by atoms with Crippen LogP contribution in [0, 0.1) is 0 Å². The number of hydrogen-bond acceptors (Lipinski definition) is 5. The number of methoxy groups -OCH3 is 1. The molecule has 0 saturated carbocycles. The monoisotopic (exact) mass is 545 g/mol. The van der Waals surface area contributed by atoms with Crippen LogP contribution < -0.4 is 9.47 Å². The molecule has 0 N–H and O–H groups in total. The molecule has 0 bridgehead atoms. The summed E-state index contributed by atoms with van der Waals surface area (Å²) in [6.07, 6.45) is 0.188. The van der Waals surface area contributed by atoms with Gasteiger partial charge < -0.3 is 9.47 Å². The summed E-state index contributed by atoms with van der Waals surface area (Å²) >= 11 is 0. The Morgan fingerprint density at radius 3 is 2.34 bits per heavy atom. The van der Waals surface area contributed by atoms with Crippen LogP contribution in [0.3, 0.4) is 0 Å². The molecule has 6 nitrogen and oxygen atoms in total. The maximum atomic E-state index is 12.9. The first-order chi connectivity index (χ1) is 18.1. The van der Waals surface area contributed by atoms with E-state index in [0.29, 0.717) is 41.3 Å². The van der Waals surface area contributed by atoms with Crippen LogP contribution in [0.1, 0.15) is 39.9 Å². The fourth-order valence-corrected chi connectivity index (χ4v) is 5.56. The molecular weight excluding hydrogens is 519 g/mol. The van der Waals surface area contributed by atoms with Crippen LogP contribution in [-0.4, -0.2) is 38.7 Å². The van der Waals surface area contributed by atoms with Crippen molar-refractivity contribution in [2.45, 2.75) is 30.5 Å². The molecule has 1 saturated heterocycles. The zero-order valence-corrected chi connectivity index (χ0v) is 21.4. The SMILES string of the molecule is COc1cc(C=CC(=O)c2ccc(S(=O)(=O)N3CCCC3)cc2)ccc1OCc1cccc(C(F)(F)F)c1. The molecule has 10 heteroatoms. The molecule has 3 aromatic rings. The van der Waals surface area contributed by atoms with E-state index in [-0.39, 0.29) is 17.3 Å². The van der Waals surface area contributed by atoms with Crippen molar-refractivity contribution in [3.05, 3.63) is 95.1 Å². The van der Waals surface area contributed by atoms with Gasteiger partial charge in [0.1, 0.15) is 6.61 Å². The second-order valence-corrected chi connectivity index (χ2v) is 10.7. The Morgan fingerprint density at radius 2 is 1.68 bits per heavy atom. The van der Waals surface area contributed by atoms with Crippen LogP contribution in [0.25, 0.3) is 6.08 Å². The van der Waals surface area contributed by atoms with Gasteiger partial charge in [0.05, 0.1) is 17.6 Å². The lowest BCUT2D eigenvalue weighted by Gasteiger charge is -2.15. The van der Waals surface area contributed by atoms with Crippen molar-refractivity contribution in [1.82, 2.24) is 4.31 Å². The Bertz CT molecular complexity index is 1430. The third-order valence-corrected chi connectivity index (χ3v) is 8.02. The second kappa shape index (κ2) is 11.4. The lowest BCUT2D eigenvalue weighted by Crippen LogP contribution is -2.27. The quantitative estimate of drug-likeness (QED) is 0.245. The highest BCUT2D eigenvalue weighted by Gasteiger charge is 2.30. The highest BCUT2D eigenvalue weighted by molar-refractivity contribution is 7.89. The summed E-state index contributed by atoms with van der Waals surface area (Å²) in [5.41, 5.74) is 0.582. The summed E-state index contributed by atoms with van der Waals surface area (Å²) in [6, 6.07) is 15.7. The van der Waals surface area contributed by atoms with E-state index >= 15 is 0 Å². The Balaban J connectivity index is 1.41. The normalized spacial score (nSPS) is 14.6. The molecule has 200 valence electrons. The fourth-order valence-electron chi connectivity index (χ4n) is 4.04. The topological polar surface area (TPSA) is 72.9 Å². The number of carbonyl (C=O) groups excluding carboxylic acids is 1. The number of sulfonamides is 1. The summed E-state index contributed by atoms with van der Waals surface area (Å²) in [5, 5.41) is 0. The van der Waals surface area contributed by atoms with E-state index in [0.717, 1.165) is 25.0 Å². The van der Waals surface area contributed by atoms with Crippen LogP contribution in [0.4, 0.5) is 13.2 Å². The summed E-state index contributed by atoms with van der Waals surface area (Å²) in [5.74, 6) is 0.380.